The Labute approximate surface area is 189 Å². The van der Waals surface area contributed by atoms with Crippen LogP contribution in [0.4, 0.5) is 5.69 Å². The summed E-state index contributed by atoms with van der Waals surface area (Å²) in [6.45, 7) is 7.25. The van der Waals surface area contributed by atoms with Crippen molar-refractivity contribution in [1.29, 1.82) is 0 Å². The maximum atomic E-state index is 12.4. The second kappa shape index (κ2) is 7.30. The quantitative estimate of drug-likeness (QED) is 0.530. The molecule has 1 aliphatic heterocycles. The Morgan fingerprint density at radius 1 is 1.18 bits per heavy atom. The molecule has 166 valence electrons. The molecule has 0 unspecified atom stereocenters. The average molecular weight is 444 g/mol. The summed E-state index contributed by atoms with van der Waals surface area (Å²) >= 11 is 0. The van der Waals surface area contributed by atoms with Gasteiger partial charge in [-0.05, 0) is 11.1 Å². The molecule has 1 aliphatic carbocycles. The molecule has 1 aromatic heterocycles. The second-order valence-electron chi connectivity index (χ2n) is 8.18. The van der Waals surface area contributed by atoms with Gasteiger partial charge in [0, 0.05) is 12.0 Å². The molecule has 1 saturated carbocycles. The average Bonchev–Trinajstić information content (AvgIpc) is 3.22. The number of carboxylic acid groups (broad SMARTS) is 1. The van der Waals surface area contributed by atoms with Crippen LogP contribution in [0.3, 0.4) is 0 Å². The monoisotopic (exact) mass is 444 g/mol. The summed E-state index contributed by atoms with van der Waals surface area (Å²) in [6, 6.07) is 16.7. The van der Waals surface area contributed by atoms with E-state index in [2.05, 4.69) is 9.83 Å². The highest BCUT2D eigenvalue weighted by Crippen LogP contribution is 2.68. The maximum absolute atomic E-state index is 12.4. The number of nitrogens with zero attached hydrogens (tertiary/aromatic N) is 2. The fourth-order valence-corrected chi connectivity index (χ4v) is 5.31. The van der Waals surface area contributed by atoms with E-state index in [0.29, 0.717) is 22.6 Å². The first-order valence-corrected chi connectivity index (χ1v) is 10.3. The van der Waals surface area contributed by atoms with Crippen LogP contribution in [0.2, 0.25) is 0 Å². The van der Waals surface area contributed by atoms with E-state index in [1.807, 2.05) is 0 Å². The minimum absolute atomic E-state index is 0.0368. The number of methoxy groups -OCH3 is 1. The van der Waals surface area contributed by atoms with E-state index in [-0.39, 0.29) is 11.4 Å². The van der Waals surface area contributed by atoms with Gasteiger partial charge in [-0.25, -0.2) is 4.85 Å². The van der Waals surface area contributed by atoms with Crippen molar-refractivity contribution in [3.63, 3.8) is 0 Å². The van der Waals surface area contributed by atoms with E-state index in [9.17, 15) is 20.1 Å². The van der Waals surface area contributed by atoms with E-state index in [0.717, 1.165) is 0 Å². The molecule has 5 rings (SSSR count). The van der Waals surface area contributed by atoms with E-state index >= 15 is 0 Å². The van der Waals surface area contributed by atoms with Crippen molar-refractivity contribution >= 4 is 11.7 Å². The van der Waals surface area contributed by atoms with Crippen molar-refractivity contribution in [2.45, 2.75) is 23.2 Å². The minimum Gasteiger partial charge on any atom is -0.495 e. The largest absolute Gasteiger partial charge is 0.495 e. The molecule has 0 bridgehead atoms. The number of carboxylic acids is 1. The molecule has 2 aliphatic rings. The Hall–Kier alpha value is -3.93. The van der Waals surface area contributed by atoms with Gasteiger partial charge in [0.1, 0.15) is 23.3 Å². The summed E-state index contributed by atoms with van der Waals surface area (Å²) in [6.07, 6.45) is -0.348. The lowest BCUT2D eigenvalue weighted by atomic mass is 9.71. The van der Waals surface area contributed by atoms with Crippen LogP contribution in [0.1, 0.15) is 22.7 Å². The number of hydrogen-bond acceptors (Lipinski definition) is 6. The Morgan fingerprint density at radius 2 is 1.88 bits per heavy atom. The zero-order chi connectivity index (χ0) is 23.4. The lowest BCUT2D eigenvalue weighted by molar-refractivity contribution is -0.160. The van der Waals surface area contributed by atoms with Crippen molar-refractivity contribution in [1.82, 2.24) is 4.98 Å². The van der Waals surface area contributed by atoms with Crippen molar-refractivity contribution in [3.05, 3.63) is 95.1 Å². The highest BCUT2D eigenvalue weighted by atomic mass is 16.5. The zero-order valence-corrected chi connectivity index (χ0v) is 17.5. The van der Waals surface area contributed by atoms with Gasteiger partial charge in [-0.2, -0.15) is 0 Å². The number of carbonyl (C=O) groups is 1. The Kier molecular flexibility index (Phi) is 4.64. The van der Waals surface area contributed by atoms with Crippen LogP contribution in [0.15, 0.2) is 66.9 Å². The normalized spacial score (nSPS) is 29.5. The van der Waals surface area contributed by atoms with Gasteiger partial charge in [0.15, 0.2) is 16.9 Å². The van der Waals surface area contributed by atoms with Gasteiger partial charge >= 0.3 is 5.97 Å². The van der Waals surface area contributed by atoms with E-state index in [1.54, 1.807) is 60.7 Å². The van der Waals surface area contributed by atoms with Gasteiger partial charge in [0.05, 0.1) is 25.8 Å². The fraction of sp³-hybridized carbons (Fsp3) is 0.240. The standard InChI is InChI=1S/C25H20N2O6/c1-26-16-10-8-15(9-11-16)25-20(14-6-4-3-5-7-14)19(23(29)30)22(28)24(25,31)21-18(33-25)12-17(32-2)13-27-21/h3-13,19-20,22,28,31H,2H3,(H,29,30)/t19-,20-,22-,24+,25+/m1/s1. The predicted molar refractivity (Wildman–Crippen MR) is 116 cm³/mol. The first kappa shape index (κ1) is 20.9. The Morgan fingerprint density at radius 3 is 2.48 bits per heavy atom. The number of fused-ring (bicyclic) bond motifs is 3. The topological polar surface area (TPSA) is 113 Å². The number of hydrogen-bond donors (Lipinski definition) is 3. The van der Waals surface area contributed by atoms with Crippen LogP contribution in [0.25, 0.3) is 4.85 Å². The fourth-order valence-electron chi connectivity index (χ4n) is 5.31. The summed E-state index contributed by atoms with van der Waals surface area (Å²) in [7, 11) is 1.47. The molecule has 2 heterocycles. The summed E-state index contributed by atoms with van der Waals surface area (Å²) in [4.78, 5) is 20.2. The van der Waals surface area contributed by atoms with Gasteiger partial charge in [-0.1, -0.05) is 54.6 Å². The third kappa shape index (κ3) is 2.64. The number of benzene rings is 2. The van der Waals surface area contributed by atoms with Crippen LogP contribution < -0.4 is 9.47 Å². The molecule has 3 aromatic rings. The van der Waals surface area contributed by atoms with Crippen LogP contribution in [-0.4, -0.2) is 39.5 Å². The highest BCUT2D eigenvalue weighted by molar-refractivity contribution is 5.76. The molecular formula is C25H20N2O6. The third-order valence-corrected chi connectivity index (χ3v) is 6.70. The molecule has 8 nitrogen and oxygen atoms in total. The first-order valence-electron chi connectivity index (χ1n) is 10.3. The molecule has 2 aromatic carbocycles. The van der Waals surface area contributed by atoms with E-state index in [1.165, 1.54) is 13.3 Å². The summed E-state index contributed by atoms with van der Waals surface area (Å²) in [5.74, 6) is -3.06. The molecule has 0 saturated heterocycles. The molecular weight excluding hydrogens is 424 g/mol. The first-order chi connectivity index (χ1) is 15.9. The number of aliphatic carboxylic acids is 1. The highest BCUT2D eigenvalue weighted by Gasteiger charge is 2.78. The predicted octanol–water partition coefficient (Wildman–Crippen LogP) is 2.98. The zero-order valence-electron chi connectivity index (χ0n) is 17.5. The number of rotatable bonds is 4. The molecule has 1 fully saturated rings. The third-order valence-electron chi connectivity index (χ3n) is 6.70. The van der Waals surface area contributed by atoms with E-state index < -0.39 is 35.1 Å². The number of aliphatic hydroxyl groups excluding tert-OH is 1. The van der Waals surface area contributed by atoms with Crippen LogP contribution >= 0.6 is 0 Å². The number of ether oxygens (including phenoxy) is 2. The van der Waals surface area contributed by atoms with Crippen LogP contribution in [-0.2, 0) is 16.0 Å². The van der Waals surface area contributed by atoms with Crippen molar-refractivity contribution in [3.8, 4) is 11.5 Å². The lowest BCUT2D eigenvalue weighted by Gasteiger charge is -2.40. The van der Waals surface area contributed by atoms with Crippen LogP contribution in [0, 0.1) is 12.5 Å². The van der Waals surface area contributed by atoms with Crippen LogP contribution in [0.5, 0.6) is 11.5 Å². The van der Waals surface area contributed by atoms with Gasteiger partial charge in [0.2, 0.25) is 0 Å². The molecule has 0 amide bonds. The summed E-state index contributed by atoms with van der Waals surface area (Å²) < 4.78 is 11.7. The van der Waals surface area contributed by atoms with Gasteiger partial charge in [-0.3, -0.25) is 9.78 Å². The lowest BCUT2D eigenvalue weighted by Crippen LogP contribution is -2.52. The van der Waals surface area contributed by atoms with Gasteiger partial charge in [-0.15, -0.1) is 0 Å². The summed E-state index contributed by atoms with van der Waals surface area (Å²) in [5.41, 5.74) is -2.50. The molecule has 0 spiro atoms. The molecule has 5 atom stereocenters. The summed E-state index contributed by atoms with van der Waals surface area (Å²) in [5, 5.41) is 33.7. The SMILES string of the molecule is [C-]#[N+]c1ccc([C@@]23Oc4cc(OC)cnc4[C@]2(O)[C@H](O)[C@H](C(=O)O)[C@H]3c2ccccc2)cc1. The van der Waals surface area contributed by atoms with Crippen molar-refractivity contribution in [2.75, 3.05) is 7.11 Å². The second-order valence-corrected chi connectivity index (χ2v) is 8.18. The van der Waals surface area contributed by atoms with E-state index in [4.69, 9.17) is 16.0 Å². The molecule has 0 radical (unpaired) electrons. The Bertz CT molecular complexity index is 1270. The van der Waals surface area contributed by atoms with Crippen molar-refractivity contribution < 1.29 is 29.6 Å². The number of aromatic nitrogens is 1. The molecule has 3 N–H and O–H groups in total. The number of aliphatic hydroxyl groups is 2. The Balaban J connectivity index is 1.85. The van der Waals surface area contributed by atoms with Gasteiger partial charge < -0.3 is 24.8 Å². The molecule has 8 heteroatoms. The molecule has 33 heavy (non-hydrogen) atoms. The minimum atomic E-state index is -2.18. The van der Waals surface area contributed by atoms with Crippen molar-refractivity contribution in [2.24, 2.45) is 5.92 Å². The van der Waals surface area contributed by atoms with Gasteiger partial charge in [0.25, 0.3) is 0 Å². The number of pyridine rings is 1. The smallest absolute Gasteiger partial charge is 0.310 e. The maximum Gasteiger partial charge on any atom is 0.310 e.